The van der Waals surface area contributed by atoms with E-state index in [1.54, 1.807) is 0 Å². The van der Waals surface area contributed by atoms with Crippen LogP contribution in [-0.4, -0.2) is 42.0 Å². The summed E-state index contributed by atoms with van der Waals surface area (Å²) in [5, 5.41) is 15.6. The highest BCUT2D eigenvalue weighted by Gasteiger charge is 2.25. The largest absolute Gasteiger partial charge is 0.444 e. The first kappa shape index (κ1) is 13.3. The van der Waals surface area contributed by atoms with E-state index in [9.17, 15) is 9.90 Å². The van der Waals surface area contributed by atoms with Crippen molar-refractivity contribution in [2.75, 3.05) is 13.1 Å². The van der Waals surface area contributed by atoms with Gasteiger partial charge in [0.2, 0.25) is 0 Å². The number of β-amino-alcohol motifs (C(OH)–C–C–N with tert-alkyl or cyclic N) is 1. The minimum atomic E-state index is -0.546. The van der Waals surface area contributed by atoms with Gasteiger partial charge in [-0.15, -0.1) is 0 Å². The summed E-state index contributed by atoms with van der Waals surface area (Å²) in [6.07, 6.45) is 0.707. The maximum Gasteiger partial charge on any atom is 0.407 e. The average Bonchev–Trinajstić information content (AvgIpc) is 2.29. The molecular weight excluding hydrogens is 208 g/mol. The molecule has 0 radical (unpaired) electrons. The van der Waals surface area contributed by atoms with Gasteiger partial charge in [-0.1, -0.05) is 0 Å². The number of nitrogens with one attached hydrogen (secondary N) is 2. The van der Waals surface area contributed by atoms with Crippen LogP contribution in [0.1, 0.15) is 33.6 Å². The summed E-state index contributed by atoms with van der Waals surface area (Å²) in [6, 6.07) is -0.218. The zero-order chi connectivity index (χ0) is 12.2. The summed E-state index contributed by atoms with van der Waals surface area (Å²) >= 11 is 0. The highest BCUT2D eigenvalue weighted by molar-refractivity contribution is 5.68. The lowest BCUT2D eigenvalue weighted by atomic mass is 10.1. The molecule has 0 aromatic carbocycles. The molecule has 0 aliphatic carbocycles. The fraction of sp³-hybridized carbons (Fsp3) is 0.909. The van der Waals surface area contributed by atoms with Crippen molar-refractivity contribution in [3.8, 4) is 0 Å². The van der Waals surface area contributed by atoms with E-state index in [4.69, 9.17) is 4.74 Å². The zero-order valence-corrected chi connectivity index (χ0v) is 10.2. The molecule has 0 spiro atoms. The highest BCUT2D eigenvalue weighted by Crippen LogP contribution is 2.10. The van der Waals surface area contributed by atoms with Crippen LogP contribution in [0.4, 0.5) is 4.79 Å². The summed E-state index contributed by atoms with van der Waals surface area (Å²) in [4.78, 5) is 11.5. The van der Waals surface area contributed by atoms with Gasteiger partial charge in [0.15, 0.2) is 0 Å². The van der Waals surface area contributed by atoms with E-state index in [0.717, 1.165) is 19.4 Å². The van der Waals surface area contributed by atoms with Gasteiger partial charge in [0, 0.05) is 6.54 Å². The second kappa shape index (κ2) is 5.50. The van der Waals surface area contributed by atoms with Gasteiger partial charge in [-0.05, 0) is 40.2 Å². The van der Waals surface area contributed by atoms with Crippen LogP contribution in [0, 0.1) is 0 Å². The Kier molecular flexibility index (Phi) is 4.56. The number of hydrogen-bond donors (Lipinski definition) is 3. The molecule has 5 heteroatoms. The predicted octanol–water partition coefficient (Wildman–Crippen LogP) is 0.624. The maximum absolute atomic E-state index is 11.5. The van der Waals surface area contributed by atoms with Crippen molar-refractivity contribution >= 4 is 6.09 Å². The Morgan fingerprint density at radius 3 is 2.81 bits per heavy atom. The lowest BCUT2D eigenvalue weighted by Gasteiger charge is -2.25. The van der Waals surface area contributed by atoms with Crippen LogP contribution in [0.2, 0.25) is 0 Å². The number of carbonyl (C=O) groups excluding carboxylic acids is 1. The molecule has 0 aromatic rings. The van der Waals surface area contributed by atoms with Crippen LogP contribution in [0.25, 0.3) is 0 Å². The Bertz CT molecular complexity index is 238. The molecule has 1 amide bonds. The lowest BCUT2D eigenvalue weighted by molar-refractivity contribution is 0.0426. The molecular formula is C11H22N2O3. The first-order valence-electron chi connectivity index (χ1n) is 5.77. The fourth-order valence-corrected chi connectivity index (χ4v) is 1.66. The van der Waals surface area contributed by atoms with E-state index in [0.29, 0.717) is 6.54 Å². The van der Waals surface area contributed by atoms with Gasteiger partial charge in [0.1, 0.15) is 5.60 Å². The van der Waals surface area contributed by atoms with Crippen LogP contribution >= 0.6 is 0 Å². The van der Waals surface area contributed by atoms with E-state index in [1.165, 1.54) is 0 Å². The van der Waals surface area contributed by atoms with Crippen molar-refractivity contribution in [2.45, 2.75) is 51.4 Å². The Hall–Kier alpha value is -0.810. The monoisotopic (exact) mass is 230 g/mol. The average molecular weight is 230 g/mol. The molecule has 0 unspecified atom stereocenters. The normalized spacial score (nSPS) is 27.0. The Morgan fingerprint density at radius 1 is 1.50 bits per heavy atom. The van der Waals surface area contributed by atoms with Crippen molar-refractivity contribution < 1.29 is 14.6 Å². The second-order valence-corrected chi connectivity index (χ2v) is 5.17. The van der Waals surface area contributed by atoms with Crippen molar-refractivity contribution in [3.63, 3.8) is 0 Å². The van der Waals surface area contributed by atoms with Crippen molar-refractivity contribution in [3.05, 3.63) is 0 Å². The van der Waals surface area contributed by atoms with E-state index >= 15 is 0 Å². The molecule has 94 valence electrons. The van der Waals surface area contributed by atoms with E-state index in [2.05, 4.69) is 10.6 Å². The number of aliphatic hydroxyl groups excluding tert-OH is 1. The molecule has 3 N–H and O–H groups in total. The Labute approximate surface area is 96.6 Å². The third kappa shape index (κ3) is 4.81. The predicted molar refractivity (Wildman–Crippen MR) is 61.3 cm³/mol. The summed E-state index contributed by atoms with van der Waals surface area (Å²) in [5.41, 5.74) is -0.502. The molecule has 0 saturated carbocycles. The number of ether oxygens (including phenoxy) is 1. The number of amides is 1. The van der Waals surface area contributed by atoms with Gasteiger partial charge in [0.25, 0.3) is 0 Å². The molecule has 1 heterocycles. The molecule has 1 saturated heterocycles. The SMILES string of the molecule is CC(C)(C)OC(=O)N[C@H]1CCCNC[C@@H]1O. The van der Waals surface area contributed by atoms with E-state index < -0.39 is 17.8 Å². The minimum Gasteiger partial charge on any atom is -0.444 e. The second-order valence-electron chi connectivity index (χ2n) is 5.17. The fourth-order valence-electron chi connectivity index (χ4n) is 1.66. The molecule has 0 aromatic heterocycles. The van der Waals surface area contributed by atoms with Crippen LogP contribution in [0.15, 0.2) is 0 Å². The summed E-state index contributed by atoms with van der Waals surface area (Å²) in [6.45, 7) is 6.84. The van der Waals surface area contributed by atoms with Gasteiger partial charge in [-0.2, -0.15) is 0 Å². The number of carbonyl (C=O) groups is 1. The van der Waals surface area contributed by atoms with Crippen LogP contribution in [0.3, 0.4) is 0 Å². The summed E-state index contributed by atoms with van der Waals surface area (Å²) < 4.78 is 5.15. The molecule has 1 aliphatic heterocycles. The molecule has 5 nitrogen and oxygen atoms in total. The molecule has 1 rings (SSSR count). The molecule has 16 heavy (non-hydrogen) atoms. The number of hydrogen-bond acceptors (Lipinski definition) is 4. The minimum absolute atomic E-state index is 0.218. The molecule has 1 aliphatic rings. The van der Waals surface area contributed by atoms with Crippen molar-refractivity contribution in [1.82, 2.24) is 10.6 Å². The van der Waals surface area contributed by atoms with Gasteiger partial charge in [0.05, 0.1) is 12.1 Å². The van der Waals surface area contributed by atoms with Gasteiger partial charge in [-0.25, -0.2) is 4.79 Å². The van der Waals surface area contributed by atoms with Crippen LogP contribution in [-0.2, 0) is 4.74 Å². The van der Waals surface area contributed by atoms with Gasteiger partial charge in [-0.3, -0.25) is 0 Å². The van der Waals surface area contributed by atoms with Crippen LogP contribution in [0.5, 0.6) is 0 Å². The Morgan fingerprint density at radius 2 is 2.19 bits per heavy atom. The van der Waals surface area contributed by atoms with E-state index in [-0.39, 0.29) is 6.04 Å². The summed E-state index contributed by atoms with van der Waals surface area (Å²) in [7, 11) is 0. The molecule has 1 fully saturated rings. The van der Waals surface area contributed by atoms with Crippen molar-refractivity contribution in [2.24, 2.45) is 0 Å². The standard InChI is InChI=1S/C11H22N2O3/c1-11(2,3)16-10(15)13-8-5-4-6-12-7-9(8)14/h8-9,12,14H,4-7H2,1-3H3,(H,13,15)/t8-,9-/m0/s1. The molecule has 0 bridgehead atoms. The van der Waals surface area contributed by atoms with Gasteiger partial charge >= 0.3 is 6.09 Å². The third-order valence-electron chi connectivity index (χ3n) is 2.39. The zero-order valence-electron chi connectivity index (χ0n) is 10.2. The lowest BCUT2D eigenvalue weighted by Crippen LogP contribution is -2.47. The maximum atomic E-state index is 11.5. The molecule has 2 atom stereocenters. The number of rotatable bonds is 1. The van der Waals surface area contributed by atoms with E-state index in [1.807, 2.05) is 20.8 Å². The number of aliphatic hydroxyl groups is 1. The number of alkyl carbamates (subject to hydrolysis) is 1. The van der Waals surface area contributed by atoms with Crippen LogP contribution < -0.4 is 10.6 Å². The first-order chi connectivity index (χ1) is 7.38. The first-order valence-corrected chi connectivity index (χ1v) is 5.77. The summed E-state index contributed by atoms with van der Waals surface area (Å²) in [5.74, 6) is 0. The van der Waals surface area contributed by atoms with Crippen molar-refractivity contribution in [1.29, 1.82) is 0 Å². The Balaban J connectivity index is 2.42. The quantitative estimate of drug-likeness (QED) is 0.617. The third-order valence-corrected chi connectivity index (χ3v) is 2.39. The highest BCUT2D eigenvalue weighted by atomic mass is 16.6. The topological polar surface area (TPSA) is 70.6 Å². The van der Waals surface area contributed by atoms with Gasteiger partial charge < -0.3 is 20.5 Å². The smallest absolute Gasteiger partial charge is 0.407 e.